The standard InChI is InChI=1S/C18H24N2O3/c1-4-13(2)18(3,22)12-19-16(21)10-15-11-23-17(20-15)14-8-6-5-7-9-14/h5-9,11,13,22H,4,10,12H2,1-3H3,(H,19,21). The van der Waals surface area contributed by atoms with Crippen molar-refractivity contribution in [1.82, 2.24) is 10.3 Å². The molecule has 1 aromatic heterocycles. The van der Waals surface area contributed by atoms with Crippen molar-refractivity contribution in [2.24, 2.45) is 5.92 Å². The molecule has 0 saturated carbocycles. The van der Waals surface area contributed by atoms with Crippen LogP contribution in [-0.4, -0.2) is 28.1 Å². The van der Waals surface area contributed by atoms with Gasteiger partial charge in [0.1, 0.15) is 6.26 Å². The van der Waals surface area contributed by atoms with E-state index in [0.717, 1.165) is 12.0 Å². The van der Waals surface area contributed by atoms with Crippen LogP contribution in [0.2, 0.25) is 0 Å². The van der Waals surface area contributed by atoms with Gasteiger partial charge in [0.25, 0.3) is 0 Å². The zero-order chi connectivity index (χ0) is 16.9. The predicted molar refractivity (Wildman–Crippen MR) is 88.7 cm³/mol. The molecule has 1 heterocycles. The summed E-state index contributed by atoms with van der Waals surface area (Å²) in [6.07, 6.45) is 2.48. The molecule has 1 amide bonds. The fraction of sp³-hybridized carbons (Fsp3) is 0.444. The lowest BCUT2D eigenvalue weighted by atomic mass is 9.88. The van der Waals surface area contributed by atoms with Gasteiger partial charge in [0, 0.05) is 12.1 Å². The lowest BCUT2D eigenvalue weighted by Crippen LogP contribution is -2.45. The summed E-state index contributed by atoms with van der Waals surface area (Å²) in [5, 5.41) is 13.1. The molecule has 2 rings (SSSR count). The van der Waals surface area contributed by atoms with E-state index in [4.69, 9.17) is 4.42 Å². The minimum atomic E-state index is -0.913. The lowest BCUT2D eigenvalue weighted by Gasteiger charge is -2.29. The van der Waals surface area contributed by atoms with Crippen molar-refractivity contribution in [3.63, 3.8) is 0 Å². The van der Waals surface area contributed by atoms with Crippen LogP contribution in [0.4, 0.5) is 0 Å². The van der Waals surface area contributed by atoms with Gasteiger partial charge in [0.15, 0.2) is 0 Å². The number of nitrogens with one attached hydrogen (secondary N) is 1. The minimum Gasteiger partial charge on any atom is -0.444 e. The van der Waals surface area contributed by atoms with Crippen LogP contribution in [-0.2, 0) is 11.2 Å². The Morgan fingerprint density at radius 2 is 2.09 bits per heavy atom. The lowest BCUT2D eigenvalue weighted by molar-refractivity contribution is -0.122. The second-order valence-electron chi connectivity index (χ2n) is 6.13. The van der Waals surface area contributed by atoms with Crippen molar-refractivity contribution in [3.05, 3.63) is 42.3 Å². The topological polar surface area (TPSA) is 75.4 Å². The summed E-state index contributed by atoms with van der Waals surface area (Å²) in [5.74, 6) is 0.432. The summed E-state index contributed by atoms with van der Waals surface area (Å²) in [6, 6.07) is 9.54. The molecule has 0 aliphatic carbocycles. The van der Waals surface area contributed by atoms with Gasteiger partial charge < -0.3 is 14.8 Å². The fourth-order valence-electron chi connectivity index (χ4n) is 2.22. The Kier molecular flexibility index (Phi) is 5.55. The van der Waals surface area contributed by atoms with Crippen molar-refractivity contribution in [2.75, 3.05) is 6.54 Å². The maximum Gasteiger partial charge on any atom is 0.226 e. The number of hydrogen-bond donors (Lipinski definition) is 2. The van der Waals surface area contributed by atoms with Gasteiger partial charge in [-0.15, -0.1) is 0 Å². The number of rotatable bonds is 7. The average Bonchev–Trinajstić information content (AvgIpc) is 3.01. The highest BCUT2D eigenvalue weighted by molar-refractivity contribution is 5.78. The molecule has 0 saturated heterocycles. The molecule has 23 heavy (non-hydrogen) atoms. The summed E-state index contributed by atoms with van der Waals surface area (Å²) in [4.78, 5) is 16.3. The van der Waals surface area contributed by atoms with E-state index in [-0.39, 0.29) is 24.8 Å². The summed E-state index contributed by atoms with van der Waals surface area (Å²) in [6.45, 7) is 5.95. The number of oxazole rings is 1. The van der Waals surface area contributed by atoms with E-state index in [0.29, 0.717) is 11.6 Å². The molecule has 124 valence electrons. The molecule has 0 aliphatic heterocycles. The SMILES string of the molecule is CCC(C)C(C)(O)CNC(=O)Cc1coc(-c2ccccc2)n1. The highest BCUT2D eigenvalue weighted by Gasteiger charge is 2.27. The van der Waals surface area contributed by atoms with Gasteiger partial charge in [0.2, 0.25) is 11.8 Å². The van der Waals surface area contributed by atoms with Gasteiger partial charge in [-0.2, -0.15) is 0 Å². The van der Waals surface area contributed by atoms with Gasteiger partial charge in [-0.25, -0.2) is 4.98 Å². The number of benzene rings is 1. The van der Waals surface area contributed by atoms with E-state index in [2.05, 4.69) is 10.3 Å². The summed E-state index contributed by atoms with van der Waals surface area (Å²) >= 11 is 0. The van der Waals surface area contributed by atoms with Gasteiger partial charge in [0.05, 0.1) is 17.7 Å². The normalized spacial score (nSPS) is 15.0. The zero-order valence-electron chi connectivity index (χ0n) is 13.9. The molecule has 2 unspecified atom stereocenters. The molecule has 2 atom stereocenters. The maximum absolute atomic E-state index is 12.0. The molecular weight excluding hydrogens is 292 g/mol. The molecule has 0 aliphatic rings. The van der Waals surface area contributed by atoms with Crippen molar-refractivity contribution >= 4 is 5.91 Å². The Bertz CT molecular complexity index is 635. The quantitative estimate of drug-likeness (QED) is 0.823. The second kappa shape index (κ2) is 7.42. The van der Waals surface area contributed by atoms with Gasteiger partial charge in [-0.05, 0) is 25.0 Å². The molecule has 5 heteroatoms. The van der Waals surface area contributed by atoms with E-state index in [1.54, 1.807) is 6.92 Å². The Hall–Kier alpha value is -2.14. The van der Waals surface area contributed by atoms with Crippen LogP contribution in [0.5, 0.6) is 0 Å². The van der Waals surface area contributed by atoms with Crippen LogP contribution in [0, 0.1) is 5.92 Å². The Morgan fingerprint density at radius 3 is 2.74 bits per heavy atom. The largest absolute Gasteiger partial charge is 0.444 e. The van der Waals surface area contributed by atoms with Crippen molar-refractivity contribution in [1.29, 1.82) is 0 Å². The molecule has 2 aromatic rings. The summed E-state index contributed by atoms with van der Waals surface area (Å²) in [7, 11) is 0. The van der Waals surface area contributed by atoms with Crippen molar-refractivity contribution in [2.45, 2.75) is 39.2 Å². The number of hydrogen-bond acceptors (Lipinski definition) is 4. The highest BCUT2D eigenvalue weighted by Crippen LogP contribution is 2.19. The molecule has 2 N–H and O–H groups in total. The van der Waals surface area contributed by atoms with Crippen LogP contribution < -0.4 is 5.32 Å². The third kappa shape index (κ3) is 4.66. The number of aromatic nitrogens is 1. The molecule has 0 radical (unpaired) electrons. The Labute approximate surface area is 136 Å². The monoisotopic (exact) mass is 316 g/mol. The second-order valence-corrected chi connectivity index (χ2v) is 6.13. The zero-order valence-corrected chi connectivity index (χ0v) is 13.9. The van der Waals surface area contributed by atoms with Crippen molar-refractivity contribution in [3.8, 4) is 11.5 Å². The van der Waals surface area contributed by atoms with Crippen LogP contribution in [0.3, 0.4) is 0 Å². The fourth-order valence-corrected chi connectivity index (χ4v) is 2.22. The maximum atomic E-state index is 12.0. The molecule has 0 spiro atoms. The van der Waals surface area contributed by atoms with E-state index < -0.39 is 5.60 Å². The first-order chi connectivity index (χ1) is 10.9. The van der Waals surface area contributed by atoms with Gasteiger partial charge in [-0.3, -0.25) is 4.79 Å². The average molecular weight is 316 g/mol. The van der Waals surface area contributed by atoms with Crippen LogP contribution in [0.1, 0.15) is 32.9 Å². The van der Waals surface area contributed by atoms with E-state index in [9.17, 15) is 9.90 Å². The Balaban J connectivity index is 1.90. The molecule has 5 nitrogen and oxygen atoms in total. The van der Waals surface area contributed by atoms with Gasteiger partial charge in [-0.1, -0.05) is 38.5 Å². The smallest absolute Gasteiger partial charge is 0.226 e. The minimum absolute atomic E-state index is 0.111. The van der Waals surface area contributed by atoms with E-state index in [1.807, 2.05) is 44.2 Å². The number of nitrogens with zero attached hydrogens (tertiary/aromatic N) is 1. The number of amides is 1. The number of carbonyl (C=O) groups is 1. The first-order valence-electron chi connectivity index (χ1n) is 7.91. The molecular formula is C18H24N2O3. The predicted octanol–water partition coefficient (Wildman–Crippen LogP) is 2.80. The summed E-state index contributed by atoms with van der Waals surface area (Å²) < 4.78 is 5.41. The van der Waals surface area contributed by atoms with Crippen molar-refractivity contribution < 1.29 is 14.3 Å². The van der Waals surface area contributed by atoms with Crippen LogP contribution >= 0.6 is 0 Å². The van der Waals surface area contributed by atoms with E-state index in [1.165, 1.54) is 6.26 Å². The third-order valence-electron chi connectivity index (χ3n) is 4.23. The van der Waals surface area contributed by atoms with E-state index >= 15 is 0 Å². The Morgan fingerprint density at radius 1 is 1.39 bits per heavy atom. The first-order valence-corrected chi connectivity index (χ1v) is 7.91. The number of carbonyl (C=O) groups excluding carboxylic acids is 1. The molecule has 0 fully saturated rings. The number of aliphatic hydroxyl groups is 1. The first kappa shape index (κ1) is 17.2. The van der Waals surface area contributed by atoms with Crippen LogP contribution in [0.15, 0.2) is 41.0 Å². The highest BCUT2D eigenvalue weighted by atomic mass is 16.3. The van der Waals surface area contributed by atoms with Crippen LogP contribution in [0.25, 0.3) is 11.5 Å². The van der Waals surface area contributed by atoms with Gasteiger partial charge >= 0.3 is 0 Å². The summed E-state index contributed by atoms with van der Waals surface area (Å²) in [5.41, 5.74) is 0.534. The third-order valence-corrected chi connectivity index (χ3v) is 4.23. The molecule has 1 aromatic carbocycles. The molecule has 0 bridgehead atoms.